The summed E-state index contributed by atoms with van der Waals surface area (Å²) in [5.74, 6) is -0.185. The Morgan fingerprint density at radius 3 is 2.44 bits per heavy atom. The van der Waals surface area contributed by atoms with E-state index >= 15 is 0 Å². The summed E-state index contributed by atoms with van der Waals surface area (Å²) in [4.78, 5) is 2.98. The maximum Gasteiger partial charge on any atom is 2.00 e. The molecule has 0 bridgehead atoms. The van der Waals surface area contributed by atoms with E-state index in [4.69, 9.17) is 16.3 Å². The summed E-state index contributed by atoms with van der Waals surface area (Å²) in [6, 6.07) is 0. The molecule has 6 heteroatoms. The van der Waals surface area contributed by atoms with Crippen molar-refractivity contribution < 1.29 is 17.1 Å². The van der Waals surface area contributed by atoms with Gasteiger partial charge in [-0.2, -0.15) is 10.5 Å². The largest absolute Gasteiger partial charge is 2.00 e. The van der Waals surface area contributed by atoms with Crippen LogP contribution in [0.3, 0.4) is 0 Å². The van der Waals surface area contributed by atoms with Crippen molar-refractivity contribution in [2.24, 2.45) is 10.7 Å². The van der Waals surface area contributed by atoms with Crippen molar-refractivity contribution in [1.82, 2.24) is 5.32 Å². The van der Waals surface area contributed by atoms with E-state index in [0.717, 1.165) is 0 Å². The Labute approximate surface area is 62.6 Å². The number of guanidine groups is 1. The van der Waals surface area contributed by atoms with Crippen molar-refractivity contribution in [3.63, 3.8) is 0 Å². The second kappa shape index (κ2) is 6.77. The average molecular weight is 173 g/mol. The van der Waals surface area contributed by atoms with E-state index in [1.807, 2.05) is 5.32 Å². The third-order valence-corrected chi connectivity index (χ3v) is 0.354. The van der Waals surface area contributed by atoms with E-state index in [1.165, 1.54) is 12.4 Å². The van der Waals surface area contributed by atoms with Crippen molar-refractivity contribution in [2.45, 2.75) is 0 Å². The third-order valence-electron chi connectivity index (χ3n) is 0.354. The summed E-state index contributed by atoms with van der Waals surface area (Å²) in [5.41, 5.74) is 4.89. The zero-order valence-electron chi connectivity index (χ0n) is 4.22. The Bertz CT molecular complexity index is 172. The molecule has 0 rings (SSSR count). The molecule has 0 heterocycles. The number of nitriles is 2. The maximum atomic E-state index is 7.83. The molecule has 9 heavy (non-hydrogen) atoms. The van der Waals surface area contributed by atoms with Crippen LogP contribution in [0.25, 0.3) is 0 Å². The molecular formula is C3H3CuN5+2. The SMILES string of the molecule is N#CN=C(N)NC#N.[Cu+2]. The van der Waals surface area contributed by atoms with Gasteiger partial charge in [0.1, 0.15) is 0 Å². The molecule has 0 aromatic carbocycles. The first kappa shape index (κ1) is 10.7. The first-order chi connectivity index (χ1) is 3.81. The van der Waals surface area contributed by atoms with Gasteiger partial charge >= 0.3 is 17.1 Å². The summed E-state index contributed by atoms with van der Waals surface area (Å²) in [5, 5.41) is 17.6. The van der Waals surface area contributed by atoms with Crippen LogP contribution in [0.15, 0.2) is 4.99 Å². The minimum atomic E-state index is -0.185. The summed E-state index contributed by atoms with van der Waals surface area (Å²) in [7, 11) is 0. The van der Waals surface area contributed by atoms with Crippen LogP contribution in [0.1, 0.15) is 0 Å². The van der Waals surface area contributed by atoms with Crippen molar-refractivity contribution in [1.29, 1.82) is 10.5 Å². The van der Waals surface area contributed by atoms with Crippen LogP contribution in [-0.4, -0.2) is 5.96 Å². The number of nitrogens with one attached hydrogen (secondary N) is 1. The van der Waals surface area contributed by atoms with Crippen molar-refractivity contribution >= 4 is 5.96 Å². The molecule has 1 radical (unpaired) electrons. The molecule has 0 fully saturated rings. The van der Waals surface area contributed by atoms with Gasteiger partial charge in [0.15, 0.2) is 6.19 Å². The molecule has 5 nitrogen and oxygen atoms in total. The summed E-state index contributed by atoms with van der Waals surface area (Å²) >= 11 is 0. The number of rotatable bonds is 0. The van der Waals surface area contributed by atoms with Crippen LogP contribution in [0.2, 0.25) is 0 Å². The smallest absolute Gasteiger partial charge is 0.368 e. The van der Waals surface area contributed by atoms with E-state index in [9.17, 15) is 0 Å². The van der Waals surface area contributed by atoms with Gasteiger partial charge in [0.25, 0.3) is 0 Å². The molecule has 0 aliphatic carbocycles. The quantitative estimate of drug-likeness (QED) is 0.159. The summed E-state index contributed by atoms with van der Waals surface area (Å²) in [6.07, 6.45) is 2.90. The summed E-state index contributed by atoms with van der Waals surface area (Å²) in [6.45, 7) is 0. The first-order valence-electron chi connectivity index (χ1n) is 1.68. The predicted octanol–water partition coefficient (Wildman–Crippen LogP) is -1.15. The second-order valence-electron chi connectivity index (χ2n) is 0.834. The summed E-state index contributed by atoms with van der Waals surface area (Å²) < 4.78 is 0. The molecule has 0 atom stereocenters. The van der Waals surface area contributed by atoms with Crippen LogP contribution in [0.5, 0.6) is 0 Å². The molecule has 0 aromatic rings. The van der Waals surface area contributed by atoms with Crippen LogP contribution in [0.4, 0.5) is 0 Å². The maximum absolute atomic E-state index is 7.83. The molecule has 0 spiro atoms. The van der Waals surface area contributed by atoms with E-state index < -0.39 is 0 Å². The van der Waals surface area contributed by atoms with Gasteiger partial charge in [-0.15, -0.1) is 4.99 Å². The molecule has 0 amide bonds. The van der Waals surface area contributed by atoms with Crippen LogP contribution < -0.4 is 11.1 Å². The van der Waals surface area contributed by atoms with Gasteiger partial charge in [-0.05, 0) is 0 Å². The second-order valence-corrected chi connectivity index (χ2v) is 0.834. The van der Waals surface area contributed by atoms with E-state index in [0.29, 0.717) is 0 Å². The Balaban J connectivity index is 0. The molecule has 0 saturated carbocycles. The van der Waals surface area contributed by atoms with E-state index in [2.05, 4.69) is 4.99 Å². The molecule has 0 aliphatic heterocycles. The van der Waals surface area contributed by atoms with E-state index in [1.54, 1.807) is 0 Å². The van der Waals surface area contributed by atoms with Crippen molar-refractivity contribution in [3.8, 4) is 12.4 Å². The zero-order chi connectivity index (χ0) is 6.41. The topological polar surface area (TPSA) is 98.0 Å². The van der Waals surface area contributed by atoms with Gasteiger partial charge in [0.2, 0.25) is 12.2 Å². The number of hydrogen-bond acceptors (Lipinski definition) is 3. The fourth-order valence-corrected chi connectivity index (χ4v) is 0.139. The first-order valence-corrected chi connectivity index (χ1v) is 1.68. The normalized spacial score (nSPS) is 8.00. The molecule has 0 unspecified atom stereocenters. The minimum Gasteiger partial charge on any atom is -0.368 e. The average Bonchev–Trinajstić information content (AvgIpc) is 1.68. The van der Waals surface area contributed by atoms with Gasteiger partial charge < -0.3 is 5.73 Å². The Morgan fingerprint density at radius 1 is 1.56 bits per heavy atom. The van der Waals surface area contributed by atoms with Gasteiger partial charge in [0.05, 0.1) is 0 Å². The number of aliphatic imine (C=N–C) groups is 1. The Hall–Kier alpha value is -1.23. The van der Waals surface area contributed by atoms with Crippen LogP contribution >= 0.6 is 0 Å². The van der Waals surface area contributed by atoms with Crippen molar-refractivity contribution in [2.75, 3.05) is 0 Å². The number of nitrogens with two attached hydrogens (primary N) is 1. The zero-order valence-corrected chi connectivity index (χ0v) is 5.16. The van der Waals surface area contributed by atoms with Crippen LogP contribution in [-0.2, 0) is 17.1 Å². The molecule has 0 aliphatic rings. The minimum absolute atomic E-state index is 0. The number of nitrogens with zero attached hydrogens (tertiary/aromatic N) is 3. The Morgan fingerprint density at radius 2 is 2.11 bits per heavy atom. The van der Waals surface area contributed by atoms with Gasteiger partial charge in [-0.3, -0.25) is 5.32 Å². The standard InChI is InChI=1S/C3H3N5.Cu/c4-1-7-3(6)8-2-5;/h(H3,6,7,8);/q;+2. The van der Waals surface area contributed by atoms with Crippen molar-refractivity contribution in [3.05, 3.63) is 0 Å². The third kappa shape index (κ3) is 6.77. The number of hydrogen-bond donors (Lipinski definition) is 2. The van der Waals surface area contributed by atoms with Crippen LogP contribution in [0, 0.1) is 22.9 Å². The van der Waals surface area contributed by atoms with E-state index in [-0.39, 0.29) is 23.0 Å². The Kier molecular flexibility index (Phi) is 8.05. The predicted molar refractivity (Wildman–Crippen MR) is 26.0 cm³/mol. The molecule has 3 N–H and O–H groups in total. The molecule has 0 aromatic heterocycles. The molecular weight excluding hydrogens is 170 g/mol. The van der Waals surface area contributed by atoms with Gasteiger partial charge in [0, 0.05) is 0 Å². The molecule has 0 saturated heterocycles. The monoisotopic (exact) mass is 172 g/mol. The van der Waals surface area contributed by atoms with Gasteiger partial charge in [-0.1, -0.05) is 0 Å². The fourth-order valence-electron chi connectivity index (χ4n) is 0.139. The molecule has 49 valence electrons. The van der Waals surface area contributed by atoms with Gasteiger partial charge in [-0.25, -0.2) is 0 Å². The fraction of sp³-hybridized carbons (Fsp3) is 0.